The number of benzene rings is 17. The highest BCUT2D eigenvalue weighted by atomic mass is 32.2. The molecule has 0 fully saturated rings. The van der Waals surface area contributed by atoms with Crippen LogP contribution < -0.4 is 31.5 Å². The molecule has 0 saturated carbocycles. The fraction of sp³-hybridized carbons (Fsp3) is 0.252. The number of nitrogens with zero attached hydrogens (tertiary/aromatic N) is 4. The van der Waals surface area contributed by atoms with Crippen molar-refractivity contribution < 1.29 is 8.83 Å². The van der Waals surface area contributed by atoms with Crippen LogP contribution in [0.5, 0.6) is 0 Å². The van der Waals surface area contributed by atoms with Gasteiger partial charge in [0, 0.05) is 128 Å². The molecule has 2 atom stereocenters. The summed E-state index contributed by atoms with van der Waals surface area (Å²) in [4.78, 5) is 8.87. The summed E-state index contributed by atoms with van der Waals surface area (Å²) in [5.74, 6) is 0.997. The van der Waals surface area contributed by atoms with Gasteiger partial charge in [0.1, 0.15) is 16.7 Å². The SMILES string of the molecule is Cc1cc2c(cc1N1B3c4c(cc5oc6ccccc6c5c4-n4c5ccc6ccccc6c5c5cccc3c54)-c3c1ccc1sc4cc5c(cc4c31)C(C)(C[SH]1c3cc4c(cc3-c3c(N6B7c8c(cc9c(oc%10ccccc%109)c8-n8c9cc%10ccccc%10cc9c9cccc7c98)-c7c6ccc6sc8cc9c(cc8c76)C(C)(C)CCC9(C)C)cccc31)C(C)(C)CCC4(C)C)CCC5(C)C)C(C)(C)CCC2(C)C. The molecule has 9 aliphatic rings. The van der Waals surface area contributed by atoms with Crippen molar-refractivity contribution in [2.24, 2.45) is 0 Å². The summed E-state index contributed by atoms with van der Waals surface area (Å²) in [5.41, 5.74) is 42.4. The Morgan fingerprint density at radius 3 is 1.46 bits per heavy atom. The van der Waals surface area contributed by atoms with Gasteiger partial charge in [0.2, 0.25) is 0 Å². The molecule has 5 aliphatic heterocycles. The lowest BCUT2D eigenvalue weighted by Gasteiger charge is -2.46. The van der Waals surface area contributed by atoms with Gasteiger partial charge in [0.05, 0.1) is 38.8 Å². The Morgan fingerprint density at radius 1 is 0.303 bits per heavy atom. The van der Waals surface area contributed by atoms with E-state index in [0.717, 1.165) is 101 Å². The maximum Gasteiger partial charge on any atom is 0.333 e. The van der Waals surface area contributed by atoms with Gasteiger partial charge in [-0.15, -0.1) is 22.7 Å². The van der Waals surface area contributed by atoms with E-state index in [1.54, 1.807) is 4.90 Å². The second-order valence-corrected chi connectivity index (χ2v) is 53.5. The fourth-order valence-corrected chi connectivity index (χ4v) is 35.5. The van der Waals surface area contributed by atoms with Crippen molar-refractivity contribution >= 4 is 241 Å². The molecule has 32 rings (SSSR count). The molecule has 0 N–H and O–H groups in total. The van der Waals surface area contributed by atoms with Crippen molar-refractivity contribution in [3.8, 4) is 44.8 Å². The van der Waals surface area contributed by atoms with Gasteiger partial charge >= 0.3 is 13.7 Å². The molecule has 4 aliphatic carbocycles. The molecule has 23 aromatic rings. The van der Waals surface area contributed by atoms with E-state index < -0.39 is 10.9 Å². The number of furan rings is 2. The van der Waals surface area contributed by atoms with E-state index in [0.29, 0.717) is 0 Å². The average molecular weight is 1890 g/mol. The van der Waals surface area contributed by atoms with Crippen LogP contribution in [0.2, 0.25) is 0 Å². The van der Waals surface area contributed by atoms with E-state index in [4.69, 9.17) is 8.83 Å². The summed E-state index contributed by atoms with van der Waals surface area (Å²) in [6.45, 7) is 40.1. The van der Waals surface area contributed by atoms with Gasteiger partial charge in [-0.2, -0.15) is 10.9 Å². The summed E-state index contributed by atoms with van der Waals surface area (Å²) in [5, 5.41) is 20.2. The lowest BCUT2D eigenvalue weighted by molar-refractivity contribution is 0.331. The van der Waals surface area contributed by atoms with E-state index in [2.05, 4.69) is 390 Å². The molecule has 0 bridgehead atoms. The third-order valence-electron chi connectivity index (χ3n) is 38.0. The summed E-state index contributed by atoms with van der Waals surface area (Å²) in [6, 6.07) is 105. The van der Waals surface area contributed by atoms with Crippen LogP contribution in [-0.2, 0) is 43.3 Å². The first-order chi connectivity index (χ1) is 68.4. The topological polar surface area (TPSA) is 42.6 Å². The average Bonchev–Trinajstić information content (AvgIpc) is 1.46. The van der Waals surface area contributed by atoms with Crippen LogP contribution in [-0.4, -0.2) is 28.6 Å². The molecular formula is C131H110B2N4O2S3. The van der Waals surface area contributed by atoms with Crippen molar-refractivity contribution in [3.63, 3.8) is 0 Å². The zero-order chi connectivity index (χ0) is 95.4. The number of fused-ring (bicyclic) bond motifs is 40. The molecular weight excluding hydrogens is 1780 g/mol. The second kappa shape index (κ2) is 26.9. The van der Waals surface area contributed by atoms with E-state index in [-0.39, 0.29) is 57.0 Å². The molecule has 6 aromatic heterocycles. The van der Waals surface area contributed by atoms with Crippen LogP contribution in [0.25, 0.3) is 194 Å². The Labute approximate surface area is 838 Å². The number of hydrogen-bond donors (Lipinski definition) is 1. The number of aryl methyl sites for hydroxylation is 1. The second-order valence-electron chi connectivity index (χ2n) is 49.2. The van der Waals surface area contributed by atoms with Gasteiger partial charge in [-0.25, -0.2) is 0 Å². The molecule has 142 heavy (non-hydrogen) atoms. The molecule has 690 valence electrons. The number of anilines is 4. The number of hydrogen-bond acceptors (Lipinski definition) is 6. The first-order valence-corrected chi connectivity index (χ1v) is 55.3. The molecule has 2 unspecified atom stereocenters. The van der Waals surface area contributed by atoms with E-state index in [9.17, 15) is 0 Å². The number of rotatable bonds is 4. The Bertz CT molecular complexity index is 9930. The zero-order valence-corrected chi connectivity index (χ0v) is 86.2. The highest BCUT2D eigenvalue weighted by Crippen LogP contribution is 2.69. The third kappa shape index (κ3) is 10.4. The van der Waals surface area contributed by atoms with Gasteiger partial charge in [-0.05, 0) is 338 Å². The molecule has 0 saturated heterocycles. The van der Waals surface area contributed by atoms with Crippen LogP contribution in [0.1, 0.15) is 205 Å². The summed E-state index contributed by atoms with van der Waals surface area (Å²) >= 11 is 4.01. The standard InChI is InChI=1S/C131H110B2N4O2S3/c1-69-56-85-88(127(8,9)51-48-124(85,2)3)64-99(69)137-98-45-47-105-116(113(98)84-63-103-114(76-33-22-24-40-102(76)138-103)121-117(84)132(137)94-37-26-35-77-110-73-31-20-19-28-70(73)42-43-95(110)134(121)120(77)94)81-61-92-90(66-107(81)141-105)130(14,15)54-55-131(92,16)68-142-108-41-27-38-96(111(108)82-62-87-91(67-109(82)142)129(12,13)53-50-126(87,6)7)136-97-44-46-104-115(80-60-86-89(65-106(80)140-104)128(10,11)52-49-125(86,4)5)112(97)83-59-79-74-32-21-23-39-101(74)139-123(79)122-118(83)133(136)93-36-25-34-75-78-57-71-29-17-18-30-72(71)58-100(78)135(122)119(75)93/h17-47,56-67,142H,48-55,68H2,1-16H3. The largest absolute Gasteiger partial charge is 0.456 e. The van der Waals surface area contributed by atoms with Crippen molar-refractivity contribution in [1.29, 1.82) is 0 Å². The fourth-order valence-electron chi connectivity index (χ4n) is 30.1. The van der Waals surface area contributed by atoms with Crippen LogP contribution in [0.4, 0.5) is 22.7 Å². The highest BCUT2D eigenvalue weighted by molar-refractivity contribution is 8.17. The van der Waals surface area contributed by atoms with E-state index >= 15 is 0 Å². The van der Waals surface area contributed by atoms with E-state index in [1.165, 1.54) is 250 Å². The summed E-state index contributed by atoms with van der Waals surface area (Å²) < 4.78 is 25.9. The van der Waals surface area contributed by atoms with Crippen molar-refractivity contribution in [2.45, 2.75) is 215 Å². The first-order valence-electron chi connectivity index (χ1n) is 52.2. The number of aromatic nitrogens is 2. The van der Waals surface area contributed by atoms with Crippen molar-refractivity contribution in [2.75, 3.05) is 15.4 Å². The first kappa shape index (κ1) is 82.5. The van der Waals surface area contributed by atoms with Gasteiger partial charge in [0.15, 0.2) is 5.58 Å². The maximum atomic E-state index is 7.66. The minimum absolute atomic E-state index is 0.00433. The smallest absolute Gasteiger partial charge is 0.333 e. The minimum atomic E-state index is -1.07. The predicted octanol–water partition coefficient (Wildman–Crippen LogP) is 34.0. The van der Waals surface area contributed by atoms with Crippen LogP contribution in [0.3, 0.4) is 0 Å². The monoisotopic (exact) mass is 1890 g/mol. The summed E-state index contributed by atoms with van der Waals surface area (Å²) in [6.07, 6.45) is 8.99. The normalized spacial score (nSPS) is 19.8. The number of thiophene rings is 2. The molecule has 11 heteroatoms. The maximum absolute atomic E-state index is 7.66. The van der Waals surface area contributed by atoms with Gasteiger partial charge in [-0.1, -0.05) is 243 Å². The Kier molecular flexibility index (Phi) is 15.6. The van der Waals surface area contributed by atoms with Crippen molar-refractivity contribution in [3.05, 3.63) is 311 Å². The number of para-hydroxylation sites is 4. The third-order valence-corrected chi connectivity index (χ3v) is 43.1. The lowest BCUT2D eigenvalue weighted by atomic mass is 9.43. The Balaban J connectivity index is 0.653. The van der Waals surface area contributed by atoms with Gasteiger partial charge in [-0.3, -0.25) is 0 Å². The van der Waals surface area contributed by atoms with Gasteiger partial charge in [0.25, 0.3) is 0 Å². The minimum Gasteiger partial charge on any atom is -0.456 e. The van der Waals surface area contributed by atoms with Crippen molar-refractivity contribution in [1.82, 2.24) is 9.13 Å². The predicted molar refractivity (Wildman–Crippen MR) is 611 cm³/mol. The summed E-state index contributed by atoms with van der Waals surface area (Å²) in [7, 11) is -1.07. The van der Waals surface area contributed by atoms with Gasteiger partial charge < -0.3 is 27.6 Å². The zero-order valence-electron chi connectivity index (χ0n) is 83.7. The molecule has 6 nitrogen and oxygen atoms in total. The molecule has 11 heterocycles. The Morgan fingerprint density at radius 2 is 0.796 bits per heavy atom. The highest BCUT2D eigenvalue weighted by Gasteiger charge is 2.54. The van der Waals surface area contributed by atoms with E-state index in [1.807, 2.05) is 22.7 Å². The van der Waals surface area contributed by atoms with Crippen LogP contribution in [0.15, 0.2) is 279 Å². The lowest BCUT2D eigenvalue weighted by Crippen LogP contribution is -2.60. The molecule has 0 amide bonds. The van der Waals surface area contributed by atoms with Crippen LogP contribution >= 0.6 is 33.6 Å². The molecule has 17 aromatic carbocycles. The number of thiol groups is 1. The van der Waals surface area contributed by atoms with Crippen LogP contribution in [0, 0.1) is 6.92 Å². The quantitative estimate of drug-likeness (QED) is 0.141. The molecule has 0 radical (unpaired) electrons. The molecule has 0 spiro atoms. The Hall–Kier alpha value is -13.0.